The monoisotopic (exact) mass is 265 g/mol. The molecule has 2 nitrogen and oxygen atoms in total. The van der Waals surface area contributed by atoms with Crippen molar-refractivity contribution in [1.82, 2.24) is 0 Å². The van der Waals surface area contributed by atoms with E-state index in [1.807, 2.05) is 0 Å². The first-order valence-electron chi connectivity index (χ1n) is 5.51. The molecule has 1 N–H and O–H groups in total. The minimum atomic E-state index is -0.231. The molecule has 2 aromatic rings. The third kappa shape index (κ3) is 2.93. The van der Waals surface area contributed by atoms with E-state index in [4.69, 9.17) is 16.3 Å². The Bertz CT molecular complexity index is 545. The Balaban J connectivity index is 2.15. The number of methoxy groups -OCH3 is 1. The molecule has 2 aromatic carbocycles. The predicted octanol–water partition coefficient (Wildman–Crippen LogP) is 4.10. The predicted molar refractivity (Wildman–Crippen MR) is 71.7 cm³/mol. The summed E-state index contributed by atoms with van der Waals surface area (Å²) >= 11 is 5.92. The van der Waals surface area contributed by atoms with Crippen molar-refractivity contribution in [3.8, 4) is 5.75 Å². The Kier molecular flexibility index (Phi) is 4.05. The van der Waals surface area contributed by atoms with Gasteiger partial charge in [-0.1, -0.05) is 29.8 Å². The molecule has 0 bridgehead atoms. The number of hydrogen-bond acceptors (Lipinski definition) is 2. The number of nitrogens with one attached hydrogen (secondary N) is 1. The molecule has 18 heavy (non-hydrogen) atoms. The SMILES string of the molecule is COc1ccc(Cl)cc1NCc1ccccc1F. The van der Waals surface area contributed by atoms with E-state index in [1.54, 1.807) is 43.5 Å². The Morgan fingerprint density at radius 2 is 2.00 bits per heavy atom. The van der Waals surface area contributed by atoms with Crippen molar-refractivity contribution in [1.29, 1.82) is 0 Å². The summed E-state index contributed by atoms with van der Waals surface area (Å²) in [5.41, 5.74) is 1.34. The van der Waals surface area contributed by atoms with Crippen molar-refractivity contribution in [3.05, 3.63) is 58.9 Å². The van der Waals surface area contributed by atoms with Gasteiger partial charge in [0.25, 0.3) is 0 Å². The van der Waals surface area contributed by atoms with Crippen LogP contribution in [-0.2, 0) is 6.54 Å². The third-order valence-corrected chi connectivity index (χ3v) is 2.82. The van der Waals surface area contributed by atoms with Gasteiger partial charge in [0.05, 0.1) is 12.8 Å². The van der Waals surface area contributed by atoms with Crippen molar-refractivity contribution in [2.24, 2.45) is 0 Å². The first-order valence-corrected chi connectivity index (χ1v) is 5.89. The van der Waals surface area contributed by atoms with Crippen molar-refractivity contribution < 1.29 is 9.13 Å². The Morgan fingerprint density at radius 3 is 2.72 bits per heavy atom. The fourth-order valence-corrected chi connectivity index (χ4v) is 1.82. The van der Waals surface area contributed by atoms with Gasteiger partial charge in [0.2, 0.25) is 0 Å². The lowest BCUT2D eigenvalue weighted by molar-refractivity contribution is 0.416. The van der Waals surface area contributed by atoms with Crippen LogP contribution in [0.2, 0.25) is 5.02 Å². The molecule has 4 heteroatoms. The summed E-state index contributed by atoms with van der Waals surface area (Å²) in [6.45, 7) is 0.378. The number of halogens is 2. The number of ether oxygens (including phenoxy) is 1. The van der Waals surface area contributed by atoms with Gasteiger partial charge in [-0.05, 0) is 24.3 Å². The molecule has 0 aliphatic heterocycles. The van der Waals surface area contributed by atoms with Crippen LogP contribution in [0.1, 0.15) is 5.56 Å². The van der Waals surface area contributed by atoms with Crippen LogP contribution in [0, 0.1) is 5.82 Å². The second kappa shape index (κ2) is 5.74. The summed E-state index contributed by atoms with van der Waals surface area (Å²) < 4.78 is 18.7. The highest BCUT2D eigenvalue weighted by molar-refractivity contribution is 6.30. The number of rotatable bonds is 4. The zero-order valence-corrected chi connectivity index (χ0v) is 10.7. The molecule has 0 heterocycles. The molecule has 0 saturated heterocycles. The summed E-state index contributed by atoms with van der Waals surface area (Å²) in [7, 11) is 1.58. The van der Waals surface area contributed by atoms with Crippen LogP contribution in [-0.4, -0.2) is 7.11 Å². The van der Waals surface area contributed by atoms with Crippen LogP contribution in [0.15, 0.2) is 42.5 Å². The Hall–Kier alpha value is -1.74. The maximum Gasteiger partial charge on any atom is 0.142 e. The average Bonchev–Trinajstić information content (AvgIpc) is 2.38. The lowest BCUT2D eigenvalue weighted by atomic mass is 10.2. The molecule has 0 fully saturated rings. The minimum absolute atomic E-state index is 0.231. The van der Waals surface area contributed by atoms with E-state index in [2.05, 4.69) is 5.32 Å². The van der Waals surface area contributed by atoms with Crippen LogP contribution in [0.5, 0.6) is 5.75 Å². The van der Waals surface area contributed by atoms with Crippen LogP contribution in [0.3, 0.4) is 0 Å². The second-order valence-electron chi connectivity index (χ2n) is 3.79. The quantitative estimate of drug-likeness (QED) is 0.899. The Labute approximate surface area is 110 Å². The molecule has 0 unspecified atom stereocenters. The van der Waals surface area contributed by atoms with Gasteiger partial charge in [-0.15, -0.1) is 0 Å². The van der Waals surface area contributed by atoms with Crippen molar-refractivity contribution in [2.45, 2.75) is 6.54 Å². The fraction of sp³-hybridized carbons (Fsp3) is 0.143. The molecule has 0 saturated carbocycles. The van der Waals surface area contributed by atoms with Gasteiger partial charge in [-0.2, -0.15) is 0 Å². The van der Waals surface area contributed by atoms with E-state index < -0.39 is 0 Å². The molecule has 0 radical (unpaired) electrons. The zero-order valence-electron chi connectivity index (χ0n) is 9.91. The fourth-order valence-electron chi connectivity index (χ4n) is 1.65. The number of benzene rings is 2. The lowest BCUT2D eigenvalue weighted by Gasteiger charge is -2.11. The molecule has 0 atom stereocenters. The van der Waals surface area contributed by atoms with E-state index in [1.165, 1.54) is 6.07 Å². The average molecular weight is 266 g/mol. The van der Waals surface area contributed by atoms with E-state index in [0.29, 0.717) is 22.9 Å². The van der Waals surface area contributed by atoms with Crippen molar-refractivity contribution >= 4 is 17.3 Å². The molecule has 0 aliphatic rings. The highest BCUT2D eigenvalue weighted by atomic mass is 35.5. The lowest BCUT2D eigenvalue weighted by Crippen LogP contribution is -2.03. The zero-order chi connectivity index (χ0) is 13.0. The van der Waals surface area contributed by atoms with Gasteiger partial charge in [0.15, 0.2) is 0 Å². The Morgan fingerprint density at radius 1 is 1.22 bits per heavy atom. The molecular formula is C14H13ClFNO. The largest absolute Gasteiger partial charge is 0.495 e. The normalized spacial score (nSPS) is 10.2. The van der Waals surface area contributed by atoms with Crippen molar-refractivity contribution in [2.75, 3.05) is 12.4 Å². The van der Waals surface area contributed by atoms with Gasteiger partial charge >= 0.3 is 0 Å². The molecule has 0 aromatic heterocycles. The van der Waals surface area contributed by atoms with Gasteiger partial charge < -0.3 is 10.1 Å². The van der Waals surface area contributed by atoms with Gasteiger partial charge in [-0.3, -0.25) is 0 Å². The van der Waals surface area contributed by atoms with E-state index in [-0.39, 0.29) is 5.82 Å². The van der Waals surface area contributed by atoms with Gasteiger partial charge in [-0.25, -0.2) is 4.39 Å². The molecule has 0 amide bonds. The van der Waals surface area contributed by atoms with Crippen LogP contribution in [0.4, 0.5) is 10.1 Å². The van der Waals surface area contributed by atoms with Crippen LogP contribution >= 0.6 is 11.6 Å². The molecule has 94 valence electrons. The van der Waals surface area contributed by atoms with Crippen LogP contribution in [0.25, 0.3) is 0 Å². The maximum absolute atomic E-state index is 13.5. The number of anilines is 1. The summed E-state index contributed by atoms with van der Waals surface area (Å²) in [6, 6.07) is 11.9. The highest BCUT2D eigenvalue weighted by Crippen LogP contribution is 2.28. The third-order valence-electron chi connectivity index (χ3n) is 2.59. The van der Waals surface area contributed by atoms with Gasteiger partial charge in [0.1, 0.15) is 11.6 Å². The topological polar surface area (TPSA) is 21.3 Å². The van der Waals surface area contributed by atoms with E-state index >= 15 is 0 Å². The maximum atomic E-state index is 13.5. The van der Waals surface area contributed by atoms with E-state index in [0.717, 1.165) is 5.69 Å². The smallest absolute Gasteiger partial charge is 0.142 e. The van der Waals surface area contributed by atoms with Crippen LogP contribution < -0.4 is 10.1 Å². The van der Waals surface area contributed by atoms with E-state index in [9.17, 15) is 4.39 Å². The molecule has 0 aliphatic carbocycles. The van der Waals surface area contributed by atoms with Gasteiger partial charge in [0, 0.05) is 17.1 Å². The summed E-state index contributed by atoms with van der Waals surface area (Å²) in [5, 5.41) is 3.72. The standard InChI is InChI=1S/C14H13ClFNO/c1-18-14-7-6-11(15)8-13(14)17-9-10-4-2-3-5-12(10)16/h2-8,17H,9H2,1H3. The summed E-state index contributed by atoms with van der Waals surface area (Å²) in [4.78, 5) is 0. The second-order valence-corrected chi connectivity index (χ2v) is 4.23. The first-order chi connectivity index (χ1) is 8.70. The van der Waals surface area contributed by atoms with Crippen molar-refractivity contribution in [3.63, 3.8) is 0 Å². The summed E-state index contributed by atoms with van der Waals surface area (Å²) in [6.07, 6.45) is 0. The molecule has 2 rings (SSSR count). The number of hydrogen-bond donors (Lipinski definition) is 1. The molecule has 0 spiro atoms. The highest BCUT2D eigenvalue weighted by Gasteiger charge is 2.05. The minimum Gasteiger partial charge on any atom is -0.495 e. The first kappa shape index (κ1) is 12.7. The molecular weight excluding hydrogens is 253 g/mol. The summed E-state index contributed by atoms with van der Waals surface area (Å²) in [5.74, 6) is 0.446.